The highest BCUT2D eigenvalue weighted by atomic mass is 16.1. The van der Waals surface area contributed by atoms with Crippen molar-refractivity contribution < 1.29 is 14.4 Å². The monoisotopic (exact) mass is 428 g/mol. The van der Waals surface area contributed by atoms with Gasteiger partial charge >= 0.3 is 0 Å². The second-order valence-electron chi connectivity index (χ2n) is 5.85. The number of allylic oxidation sites excluding steroid dienone is 3. The molecule has 3 heteroatoms. The van der Waals surface area contributed by atoms with Crippen LogP contribution in [0.15, 0.2) is 116 Å². The molecule has 3 aromatic carbocycles. The van der Waals surface area contributed by atoms with Crippen LogP contribution in [0.4, 0.5) is 0 Å². The number of hydrogen-bond donors (Lipinski definition) is 0. The Morgan fingerprint density at radius 2 is 1.12 bits per heavy atom. The number of hydrogen-bond acceptors (Lipinski definition) is 3. The second-order valence-corrected chi connectivity index (χ2v) is 5.85. The predicted molar refractivity (Wildman–Crippen MR) is 138 cm³/mol. The molecule has 166 valence electrons. The maximum absolute atomic E-state index is 10.9. The largest absolute Gasteiger partial charge is 0.299 e. The van der Waals surface area contributed by atoms with Crippen molar-refractivity contribution in [3.63, 3.8) is 0 Å². The van der Waals surface area contributed by atoms with Gasteiger partial charge in [-0.25, -0.2) is 0 Å². The summed E-state index contributed by atoms with van der Waals surface area (Å²) in [5, 5.41) is 0. The van der Waals surface area contributed by atoms with E-state index in [1.165, 1.54) is 12.2 Å². The fraction of sp³-hybridized carbons (Fsp3) is 0.0690. The van der Waals surface area contributed by atoms with Gasteiger partial charge in [0, 0.05) is 11.1 Å². The first-order valence-electron chi connectivity index (χ1n) is 9.20. The Kier molecular flexibility index (Phi) is 17.8. The molecule has 3 aromatic rings. The van der Waals surface area contributed by atoms with Gasteiger partial charge in [0.1, 0.15) is 12.6 Å². The van der Waals surface area contributed by atoms with Gasteiger partial charge < -0.3 is 0 Å². The molecule has 3 nitrogen and oxygen atoms in total. The minimum atomic E-state index is -0.0272. The minimum absolute atomic E-state index is 0. The Bertz CT molecular complexity index is 902. The van der Waals surface area contributed by atoms with E-state index < -0.39 is 0 Å². The number of rotatable bonds is 6. The van der Waals surface area contributed by atoms with Gasteiger partial charge in [-0.1, -0.05) is 125 Å². The predicted octanol–water partition coefficient (Wildman–Crippen LogP) is 7.12. The summed E-state index contributed by atoms with van der Waals surface area (Å²) in [5.41, 5.74) is 3.16. The molecule has 0 fully saturated rings. The van der Waals surface area contributed by atoms with Crippen LogP contribution in [0.25, 0.3) is 11.6 Å². The number of ketones is 1. The molecule has 0 heterocycles. The summed E-state index contributed by atoms with van der Waals surface area (Å²) in [7, 11) is 0. The molecule has 0 spiro atoms. The zero-order chi connectivity index (χ0) is 22.0. The molecular weight excluding hydrogens is 396 g/mol. The zero-order valence-electron chi connectivity index (χ0n) is 16.7. The molecule has 0 amide bonds. The number of carbonyl (C=O) groups is 3. The lowest BCUT2D eigenvalue weighted by Gasteiger charge is -1.93. The summed E-state index contributed by atoms with van der Waals surface area (Å²) >= 11 is 0. The minimum Gasteiger partial charge on any atom is -0.299 e. The van der Waals surface area contributed by atoms with Gasteiger partial charge in [0.15, 0.2) is 5.78 Å². The molecule has 0 radical (unpaired) electrons. The lowest BCUT2D eigenvalue weighted by atomic mass is 10.1. The Balaban J connectivity index is 0. The number of carbonyl (C=O) groups excluding carboxylic acids is 3. The first-order valence-corrected chi connectivity index (χ1v) is 9.20. The standard InChI is InChI=1S/3C9H8O.2CH4/c1-8(7-10)9-5-3-2-4-6-9;1-2-9(10)8-6-4-3-5-7-8;10-8-4-7-9-5-2-1-3-6-9;;/h2*2-7H,1H2;1-8H;2*1H4/b;;7-4+;;. The molecule has 0 atom stereocenters. The molecule has 0 saturated heterocycles. The molecule has 0 bridgehead atoms. The molecule has 0 aromatic heterocycles. The molecular formula is C29H32O3. The van der Waals surface area contributed by atoms with E-state index in [1.54, 1.807) is 18.2 Å². The molecule has 0 aliphatic rings. The summed E-state index contributed by atoms with van der Waals surface area (Å²) in [6, 6.07) is 28.2. The van der Waals surface area contributed by atoms with Gasteiger partial charge in [-0.05, 0) is 23.3 Å². The van der Waals surface area contributed by atoms with Gasteiger partial charge in [0.2, 0.25) is 0 Å². The smallest absolute Gasteiger partial charge is 0.185 e. The third-order valence-electron chi connectivity index (χ3n) is 3.70. The molecule has 0 saturated carbocycles. The van der Waals surface area contributed by atoms with Gasteiger partial charge in [0.25, 0.3) is 0 Å². The zero-order valence-corrected chi connectivity index (χ0v) is 16.7. The van der Waals surface area contributed by atoms with Gasteiger partial charge in [0.05, 0.1) is 0 Å². The molecule has 0 aliphatic carbocycles. The van der Waals surface area contributed by atoms with E-state index in [0.29, 0.717) is 11.1 Å². The third kappa shape index (κ3) is 12.5. The summed E-state index contributed by atoms with van der Waals surface area (Å²) in [4.78, 5) is 31.0. The second kappa shape index (κ2) is 18.9. The fourth-order valence-corrected chi connectivity index (χ4v) is 2.16. The van der Waals surface area contributed by atoms with Crippen molar-refractivity contribution in [2.75, 3.05) is 0 Å². The van der Waals surface area contributed by atoms with Crippen molar-refractivity contribution in [3.8, 4) is 0 Å². The Morgan fingerprint density at radius 3 is 1.53 bits per heavy atom. The van der Waals surface area contributed by atoms with Crippen LogP contribution in [-0.2, 0) is 9.59 Å². The maximum Gasteiger partial charge on any atom is 0.185 e. The van der Waals surface area contributed by atoms with Crippen LogP contribution in [0.3, 0.4) is 0 Å². The van der Waals surface area contributed by atoms with Gasteiger partial charge in [-0.15, -0.1) is 0 Å². The lowest BCUT2D eigenvalue weighted by Crippen LogP contribution is -1.90. The Labute approximate surface area is 192 Å². The van der Waals surface area contributed by atoms with Gasteiger partial charge in [-0.3, -0.25) is 14.4 Å². The van der Waals surface area contributed by atoms with Crippen LogP contribution in [0.2, 0.25) is 0 Å². The van der Waals surface area contributed by atoms with Crippen molar-refractivity contribution in [2.24, 2.45) is 0 Å². The summed E-state index contributed by atoms with van der Waals surface area (Å²) in [5.74, 6) is -0.0272. The van der Waals surface area contributed by atoms with E-state index in [9.17, 15) is 14.4 Å². The van der Waals surface area contributed by atoms with Crippen molar-refractivity contribution in [1.29, 1.82) is 0 Å². The van der Waals surface area contributed by atoms with E-state index in [4.69, 9.17) is 0 Å². The molecule has 0 N–H and O–H groups in total. The van der Waals surface area contributed by atoms with Crippen molar-refractivity contribution in [1.82, 2.24) is 0 Å². The summed E-state index contributed by atoms with van der Waals surface area (Å²) in [6.45, 7) is 6.96. The van der Waals surface area contributed by atoms with Crippen molar-refractivity contribution in [3.05, 3.63) is 133 Å². The Hall–Kier alpha value is -4.11. The third-order valence-corrected chi connectivity index (χ3v) is 3.70. The van der Waals surface area contributed by atoms with E-state index in [-0.39, 0.29) is 20.6 Å². The van der Waals surface area contributed by atoms with E-state index >= 15 is 0 Å². The summed E-state index contributed by atoms with van der Waals surface area (Å²) < 4.78 is 0. The van der Waals surface area contributed by atoms with Crippen LogP contribution in [0, 0.1) is 0 Å². The average molecular weight is 429 g/mol. The van der Waals surface area contributed by atoms with Gasteiger partial charge in [-0.2, -0.15) is 0 Å². The van der Waals surface area contributed by atoms with Crippen LogP contribution in [0.1, 0.15) is 36.3 Å². The number of aldehydes is 2. The Morgan fingerprint density at radius 1 is 0.688 bits per heavy atom. The highest BCUT2D eigenvalue weighted by Gasteiger charge is 1.96. The van der Waals surface area contributed by atoms with Crippen LogP contribution in [-0.4, -0.2) is 18.4 Å². The van der Waals surface area contributed by atoms with E-state index in [0.717, 1.165) is 23.7 Å². The normalized spacial score (nSPS) is 8.62. The van der Waals surface area contributed by atoms with Crippen LogP contribution >= 0.6 is 0 Å². The molecule has 32 heavy (non-hydrogen) atoms. The van der Waals surface area contributed by atoms with Crippen molar-refractivity contribution >= 4 is 30.0 Å². The van der Waals surface area contributed by atoms with Crippen molar-refractivity contribution in [2.45, 2.75) is 14.9 Å². The van der Waals surface area contributed by atoms with Crippen LogP contribution in [0.5, 0.6) is 0 Å². The topological polar surface area (TPSA) is 51.2 Å². The molecule has 0 unspecified atom stereocenters. The quantitative estimate of drug-likeness (QED) is 0.238. The molecule has 0 aliphatic heterocycles. The highest BCUT2D eigenvalue weighted by Crippen LogP contribution is 2.07. The number of benzene rings is 3. The molecule has 3 rings (SSSR count). The summed E-state index contributed by atoms with van der Waals surface area (Å²) in [6.07, 6.45) is 6.10. The first-order chi connectivity index (χ1) is 14.6. The average Bonchev–Trinajstić information content (AvgIpc) is 2.84. The highest BCUT2D eigenvalue weighted by molar-refractivity contribution is 6.05. The SMILES string of the molecule is C.C.C=C(C=O)c1ccccc1.C=CC(=O)c1ccccc1.O=C/C=C/c1ccccc1. The lowest BCUT2D eigenvalue weighted by molar-refractivity contribution is -0.104. The fourth-order valence-electron chi connectivity index (χ4n) is 2.16. The first kappa shape index (κ1) is 30.1. The van der Waals surface area contributed by atoms with E-state index in [2.05, 4.69) is 13.2 Å². The van der Waals surface area contributed by atoms with Crippen LogP contribution < -0.4 is 0 Å². The van der Waals surface area contributed by atoms with E-state index in [1.807, 2.05) is 78.9 Å². The maximum atomic E-state index is 10.9.